The Morgan fingerprint density at radius 1 is 1.22 bits per heavy atom. The molecule has 0 radical (unpaired) electrons. The van der Waals surface area contributed by atoms with Gasteiger partial charge in [-0.1, -0.05) is 31.5 Å². The number of hydrogen-bond donors (Lipinski definition) is 3. The molecule has 3 N–H and O–H groups in total. The van der Waals surface area contributed by atoms with Gasteiger partial charge in [-0.2, -0.15) is 0 Å². The van der Waals surface area contributed by atoms with Gasteiger partial charge < -0.3 is 20.6 Å². The van der Waals surface area contributed by atoms with Crippen LogP contribution in [0, 0.1) is 0 Å². The highest BCUT2D eigenvalue weighted by molar-refractivity contribution is 6.32. The third-order valence-corrected chi connectivity index (χ3v) is 8.07. The molecule has 4 heterocycles. The summed E-state index contributed by atoms with van der Waals surface area (Å²) in [4.78, 5) is 5.31. The van der Waals surface area contributed by atoms with Crippen LogP contribution in [0.4, 0.5) is 11.5 Å². The lowest BCUT2D eigenvalue weighted by molar-refractivity contribution is 0.120. The van der Waals surface area contributed by atoms with Crippen molar-refractivity contribution in [3.63, 3.8) is 0 Å². The highest BCUT2D eigenvalue weighted by atomic mass is 35.5. The van der Waals surface area contributed by atoms with Crippen LogP contribution in [0.25, 0.3) is 11.3 Å². The molecule has 7 nitrogen and oxygen atoms in total. The number of phenolic OH excluding ortho intramolecular Hbond substituents is 1. The number of aromatic nitrogens is 2. The molecule has 1 aromatic carbocycles. The highest BCUT2D eigenvalue weighted by Crippen LogP contribution is 2.46. The average Bonchev–Trinajstić information content (AvgIpc) is 3.22. The van der Waals surface area contributed by atoms with Crippen LogP contribution in [0.5, 0.6) is 5.75 Å². The van der Waals surface area contributed by atoms with E-state index in [-0.39, 0.29) is 11.3 Å². The van der Waals surface area contributed by atoms with E-state index in [2.05, 4.69) is 50.5 Å². The number of nitrogens with zero attached hydrogens (tertiary/aromatic N) is 4. The lowest BCUT2D eigenvalue weighted by Gasteiger charge is -2.44. The molecule has 2 saturated heterocycles. The van der Waals surface area contributed by atoms with E-state index in [4.69, 9.17) is 11.6 Å². The fraction of sp³-hybridized carbons (Fsp3) is 0.583. The average molecular weight is 457 g/mol. The third-order valence-electron chi connectivity index (χ3n) is 7.76. The number of para-hydroxylation sites is 1. The fourth-order valence-electron chi connectivity index (χ4n) is 5.99. The third kappa shape index (κ3) is 3.60. The number of likely N-dealkylation sites (N-methyl/N-ethyl adjacent to an activating group) is 1. The molecule has 2 fully saturated rings. The number of rotatable bonds is 5. The molecule has 0 amide bonds. The zero-order chi connectivity index (χ0) is 22.3. The number of fused-ring (bicyclic) bond motifs is 3. The molecule has 0 spiro atoms. The predicted octanol–water partition coefficient (Wildman–Crippen LogP) is 3.73. The largest absolute Gasteiger partial charge is 0.506 e. The first kappa shape index (κ1) is 21.7. The van der Waals surface area contributed by atoms with E-state index >= 15 is 0 Å². The molecule has 0 unspecified atom stereocenters. The molecule has 0 bridgehead atoms. The van der Waals surface area contributed by atoms with Crippen LogP contribution in [-0.2, 0) is 0 Å². The van der Waals surface area contributed by atoms with Crippen LogP contribution in [0.15, 0.2) is 24.3 Å². The van der Waals surface area contributed by atoms with Gasteiger partial charge in [0.1, 0.15) is 5.75 Å². The van der Waals surface area contributed by atoms with Crippen LogP contribution < -0.4 is 15.5 Å². The van der Waals surface area contributed by atoms with Gasteiger partial charge in [0, 0.05) is 30.7 Å². The zero-order valence-corrected chi connectivity index (χ0v) is 19.7. The van der Waals surface area contributed by atoms with Crippen molar-refractivity contribution >= 4 is 23.1 Å². The maximum absolute atomic E-state index is 10.5. The summed E-state index contributed by atoms with van der Waals surface area (Å²) in [6, 6.07) is 8.59. The summed E-state index contributed by atoms with van der Waals surface area (Å²) in [6.45, 7) is 9.78. The lowest BCUT2D eigenvalue weighted by Crippen LogP contribution is -2.52. The molecule has 3 aliphatic heterocycles. The van der Waals surface area contributed by atoms with Gasteiger partial charge >= 0.3 is 0 Å². The summed E-state index contributed by atoms with van der Waals surface area (Å²) >= 11 is 6.15. The summed E-state index contributed by atoms with van der Waals surface area (Å²) < 4.78 is 0. The normalized spacial score (nSPS) is 25.5. The van der Waals surface area contributed by atoms with Gasteiger partial charge in [0.25, 0.3) is 0 Å². The van der Waals surface area contributed by atoms with Crippen molar-refractivity contribution in [2.75, 3.05) is 42.9 Å². The SMILES string of the molecule is CCN(C1CCNCC1)[C@H]1CN2c3cc(-c4cccc(Cl)c4O)nnc3NC[C@@]2(CC)C1. The Labute approximate surface area is 195 Å². The molecule has 0 aliphatic carbocycles. The maximum Gasteiger partial charge on any atom is 0.172 e. The van der Waals surface area contributed by atoms with Gasteiger partial charge in [-0.25, -0.2) is 0 Å². The second kappa shape index (κ2) is 8.69. The van der Waals surface area contributed by atoms with Crippen molar-refractivity contribution in [2.24, 2.45) is 0 Å². The first-order valence-corrected chi connectivity index (χ1v) is 12.3. The molecule has 3 aliphatic rings. The van der Waals surface area contributed by atoms with E-state index in [0.717, 1.165) is 57.1 Å². The summed E-state index contributed by atoms with van der Waals surface area (Å²) in [5.74, 6) is 0.876. The van der Waals surface area contributed by atoms with E-state index in [1.165, 1.54) is 12.8 Å². The Balaban J connectivity index is 1.49. The van der Waals surface area contributed by atoms with Crippen molar-refractivity contribution in [3.05, 3.63) is 29.3 Å². The molecule has 2 atom stereocenters. The molecule has 8 heteroatoms. The molecular formula is C24H33ClN6O. The smallest absolute Gasteiger partial charge is 0.172 e. The van der Waals surface area contributed by atoms with E-state index in [1.54, 1.807) is 6.07 Å². The molecule has 2 aromatic rings. The standard InChI is InChI=1S/C24H33ClN6O/c1-3-24-13-17(30(4-2)16-8-10-26-11-9-16)14-31(24)21-12-20(28-29-23(21)27-15-24)18-6-5-7-19(25)22(18)32/h5-7,12,16-17,26,32H,3-4,8-11,13-15H2,1-2H3,(H,27,29)/t17-,24-/m1/s1. The molecule has 172 valence electrons. The number of anilines is 2. The summed E-state index contributed by atoms with van der Waals surface area (Å²) in [6.07, 6.45) is 4.66. The van der Waals surface area contributed by atoms with E-state index in [9.17, 15) is 5.11 Å². The van der Waals surface area contributed by atoms with Crippen molar-refractivity contribution in [2.45, 2.75) is 57.2 Å². The van der Waals surface area contributed by atoms with E-state index in [1.807, 2.05) is 12.1 Å². The number of nitrogens with one attached hydrogen (secondary N) is 2. The molecule has 0 saturated carbocycles. The van der Waals surface area contributed by atoms with Gasteiger partial charge in [0.05, 0.1) is 21.9 Å². The Bertz CT molecular complexity index is 981. The number of phenols is 1. The summed E-state index contributed by atoms with van der Waals surface area (Å²) in [7, 11) is 0. The molecule has 5 rings (SSSR count). The van der Waals surface area contributed by atoms with Gasteiger partial charge in [-0.05, 0) is 63.5 Å². The van der Waals surface area contributed by atoms with Crippen molar-refractivity contribution in [1.29, 1.82) is 0 Å². The Hall–Kier alpha value is -2.09. The Kier molecular flexibility index (Phi) is 5.90. The maximum atomic E-state index is 10.5. The van der Waals surface area contributed by atoms with Crippen molar-refractivity contribution in [3.8, 4) is 17.0 Å². The van der Waals surface area contributed by atoms with Crippen LogP contribution in [0.2, 0.25) is 5.02 Å². The van der Waals surface area contributed by atoms with Gasteiger partial charge in [-0.15, -0.1) is 10.2 Å². The summed E-state index contributed by atoms with van der Waals surface area (Å²) in [5, 5.41) is 26.8. The number of halogens is 1. The van der Waals surface area contributed by atoms with Crippen LogP contribution in [-0.4, -0.2) is 70.6 Å². The quantitative estimate of drug-likeness (QED) is 0.632. The van der Waals surface area contributed by atoms with Gasteiger partial charge in [0.15, 0.2) is 5.82 Å². The second-order valence-electron chi connectivity index (χ2n) is 9.31. The minimum Gasteiger partial charge on any atom is -0.506 e. The minimum atomic E-state index is 0.0521. The van der Waals surface area contributed by atoms with Crippen LogP contribution in [0.3, 0.4) is 0 Å². The first-order chi connectivity index (χ1) is 15.6. The van der Waals surface area contributed by atoms with Crippen LogP contribution >= 0.6 is 11.6 Å². The first-order valence-electron chi connectivity index (χ1n) is 11.9. The topological polar surface area (TPSA) is 76.5 Å². The van der Waals surface area contributed by atoms with Gasteiger partial charge in [-0.3, -0.25) is 4.90 Å². The monoisotopic (exact) mass is 456 g/mol. The molecular weight excluding hydrogens is 424 g/mol. The Morgan fingerprint density at radius 3 is 2.78 bits per heavy atom. The lowest BCUT2D eigenvalue weighted by atomic mass is 9.88. The van der Waals surface area contributed by atoms with Crippen molar-refractivity contribution < 1.29 is 5.11 Å². The molecule has 32 heavy (non-hydrogen) atoms. The van der Waals surface area contributed by atoms with Gasteiger partial charge in [0.2, 0.25) is 0 Å². The number of aromatic hydroxyl groups is 1. The highest BCUT2D eigenvalue weighted by Gasteiger charge is 2.49. The summed E-state index contributed by atoms with van der Waals surface area (Å²) in [5.41, 5.74) is 2.40. The van der Waals surface area contributed by atoms with Crippen LogP contribution in [0.1, 0.15) is 39.5 Å². The number of piperidine rings is 1. The fourth-order valence-corrected chi connectivity index (χ4v) is 6.16. The molecule has 1 aromatic heterocycles. The Morgan fingerprint density at radius 2 is 2.03 bits per heavy atom. The van der Waals surface area contributed by atoms with E-state index < -0.39 is 0 Å². The predicted molar refractivity (Wildman–Crippen MR) is 130 cm³/mol. The minimum absolute atomic E-state index is 0.0521. The van der Waals surface area contributed by atoms with E-state index in [0.29, 0.717) is 28.4 Å². The second-order valence-corrected chi connectivity index (χ2v) is 9.72. The van der Waals surface area contributed by atoms with Crippen molar-refractivity contribution in [1.82, 2.24) is 20.4 Å². The number of benzene rings is 1. The number of hydrogen-bond acceptors (Lipinski definition) is 7. The zero-order valence-electron chi connectivity index (χ0n) is 18.9.